The highest BCUT2D eigenvalue weighted by atomic mass is 79.9. The van der Waals surface area contributed by atoms with Crippen LogP contribution in [0.25, 0.3) is 22.0 Å². The van der Waals surface area contributed by atoms with Crippen LogP contribution in [0, 0.1) is 0 Å². The number of fused-ring (bicyclic) bond motifs is 1. The van der Waals surface area contributed by atoms with Crippen molar-refractivity contribution in [2.45, 2.75) is 0 Å². The number of hydrazone groups is 1. The number of hydrogen-bond acceptors (Lipinski definition) is 5. The largest absolute Gasteiger partial charge is 0.495 e. The normalized spacial score (nSPS) is 11.1. The molecule has 206 valence electrons. The van der Waals surface area contributed by atoms with Crippen LogP contribution >= 0.6 is 55.1 Å². The van der Waals surface area contributed by atoms with Gasteiger partial charge in [-0.25, -0.2) is 10.2 Å². The van der Waals surface area contributed by atoms with Crippen molar-refractivity contribution in [2.75, 3.05) is 7.11 Å². The van der Waals surface area contributed by atoms with Crippen molar-refractivity contribution in [1.29, 1.82) is 0 Å². The highest BCUT2D eigenvalue weighted by Gasteiger charge is 2.24. The van der Waals surface area contributed by atoms with Crippen LogP contribution in [0.5, 0.6) is 11.5 Å². The van der Waals surface area contributed by atoms with Gasteiger partial charge in [0.05, 0.1) is 24.4 Å². The predicted octanol–water partition coefficient (Wildman–Crippen LogP) is 8.66. The summed E-state index contributed by atoms with van der Waals surface area (Å²) in [4.78, 5) is 29.4. The number of carbonyl (C=O) groups is 2. The molecule has 7 nitrogen and oxygen atoms in total. The number of benzene rings is 4. The molecule has 0 aliphatic carbocycles. The number of nitrogens with one attached hydrogen (secondary N) is 2. The Kier molecular flexibility index (Phi) is 8.79. The minimum absolute atomic E-state index is 0.235. The monoisotopic (exact) mass is 713 g/mol. The lowest BCUT2D eigenvalue weighted by molar-refractivity contribution is 0.0734. The predicted molar refractivity (Wildman–Crippen MR) is 169 cm³/mol. The molecular formula is C30H19Br2Cl2N3O4. The molecule has 0 unspecified atom stereocenters. The fourth-order valence-electron chi connectivity index (χ4n) is 4.19. The number of hydrogen-bond donors (Lipinski definition) is 2. The van der Waals surface area contributed by atoms with Crippen molar-refractivity contribution in [2.24, 2.45) is 5.10 Å². The molecule has 1 aromatic heterocycles. The molecule has 5 aromatic rings. The van der Waals surface area contributed by atoms with E-state index in [-0.39, 0.29) is 11.4 Å². The Morgan fingerprint density at radius 3 is 2.41 bits per heavy atom. The molecule has 0 aliphatic rings. The Morgan fingerprint density at radius 1 is 0.951 bits per heavy atom. The molecule has 0 atom stereocenters. The van der Waals surface area contributed by atoms with E-state index in [0.717, 1.165) is 14.3 Å². The number of amides is 1. The van der Waals surface area contributed by atoms with Gasteiger partial charge >= 0.3 is 5.97 Å². The summed E-state index contributed by atoms with van der Waals surface area (Å²) in [7, 11) is 1.55. The Labute approximate surface area is 261 Å². The molecular weight excluding hydrogens is 697 g/mol. The zero-order chi connectivity index (χ0) is 29.1. The molecule has 5 rings (SSSR count). The molecule has 1 heterocycles. The molecule has 0 saturated heterocycles. The maximum absolute atomic E-state index is 13.5. The van der Waals surface area contributed by atoms with Crippen LogP contribution in [-0.4, -0.2) is 30.2 Å². The second-order valence-corrected chi connectivity index (χ2v) is 11.2. The Hall–Kier alpha value is -3.63. The van der Waals surface area contributed by atoms with Crippen molar-refractivity contribution in [3.05, 3.63) is 115 Å². The van der Waals surface area contributed by atoms with E-state index in [1.165, 1.54) is 6.21 Å². The van der Waals surface area contributed by atoms with E-state index in [1.54, 1.807) is 61.7 Å². The molecule has 0 spiro atoms. The van der Waals surface area contributed by atoms with Crippen LogP contribution in [0.3, 0.4) is 0 Å². The smallest absolute Gasteiger partial charge is 0.343 e. The third kappa shape index (κ3) is 6.18. The van der Waals surface area contributed by atoms with Crippen LogP contribution < -0.4 is 14.9 Å². The fourth-order valence-corrected chi connectivity index (χ4v) is 5.45. The first-order valence-electron chi connectivity index (χ1n) is 12.0. The number of ether oxygens (including phenoxy) is 2. The van der Waals surface area contributed by atoms with Gasteiger partial charge in [-0.15, -0.1) is 0 Å². The second kappa shape index (κ2) is 12.5. The standard InChI is InChI=1S/C30H19Br2Cl2N3O4/c1-40-24-13-11-21(32)26-25(20-4-2-3-5-22(20)34)28(36-27(24)26)29(38)37-35-15-17-14-18(31)8-12-23(17)41-30(39)16-6-9-19(33)10-7-16/h2-15,36H,1H3,(H,37,38). The number of methoxy groups -OCH3 is 1. The van der Waals surface area contributed by atoms with Crippen LogP contribution in [-0.2, 0) is 0 Å². The van der Waals surface area contributed by atoms with Gasteiger partial charge in [0.1, 0.15) is 17.2 Å². The quantitative estimate of drug-likeness (QED) is 0.0764. The highest BCUT2D eigenvalue weighted by molar-refractivity contribution is 9.11. The SMILES string of the molecule is COc1ccc(Br)c2c(-c3ccccc3Cl)c(C(=O)NN=Cc3cc(Br)ccc3OC(=O)c3ccc(Cl)cc3)[nH]c12. The van der Waals surface area contributed by atoms with Crippen molar-refractivity contribution in [3.63, 3.8) is 0 Å². The lowest BCUT2D eigenvalue weighted by Gasteiger charge is -2.09. The molecule has 0 saturated carbocycles. The van der Waals surface area contributed by atoms with Gasteiger partial charge in [0.25, 0.3) is 5.91 Å². The average Bonchev–Trinajstić information content (AvgIpc) is 3.37. The van der Waals surface area contributed by atoms with E-state index in [2.05, 4.69) is 47.4 Å². The van der Waals surface area contributed by atoms with Gasteiger partial charge in [-0.2, -0.15) is 5.10 Å². The molecule has 0 radical (unpaired) electrons. The van der Waals surface area contributed by atoms with E-state index in [9.17, 15) is 9.59 Å². The van der Waals surface area contributed by atoms with E-state index < -0.39 is 11.9 Å². The van der Waals surface area contributed by atoms with Gasteiger partial charge < -0.3 is 14.5 Å². The molecule has 11 heteroatoms. The summed E-state index contributed by atoms with van der Waals surface area (Å²) >= 11 is 19.5. The zero-order valence-electron chi connectivity index (χ0n) is 21.2. The summed E-state index contributed by atoms with van der Waals surface area (Å²) in [6.07, 6.45) is 1.39. The maximum atomic E-state index is 13.5. The molecule has 2 N–H and O–H groups in total. The summed E-state index contributed by atoms with van der Waals surface area (Å²) in [5, 5.41) is 5.87. The average molecular weight is 716 g/mol. The number of halogens is 4. The lowest BCUT2D eigenvalue weighted by Crippen LogP contribution is -2.19. The molecule has 0 fully saturated rings. The summed E-state index contributed by atoms with van der Waals surface area (Å²) in [6, 6.07) is 22.3. The lowest BCUT2D eigenvalue weighted by atomic mass is 10.0. The first kappa shape index (κ1) is 28.9. The maximum Gasteiger partial charge on any atom is 0.343 e. The minimum Gasteiger partial charge on any atom is -0.495 e. The van der Waals surface area contributed by atoms with Gasteiger partial charge in [0, 0.05) is 41.1 Å². The van der Waals surface area contributed by atoms with Crippen molar-refractivity contribution < 1.29 is 19.1 Å². The van der Waals surface area contributed by atoms with Crippen LogP contribution in [0.1, 0.15) is 26.4 Å². The third-order valence-electron chi connectivity index (χ3n) is 6.08. The summed E-state index contributed by atoms with van der Waals surface area (Å²) in [5.41, 5.74) is 5.45. The first-order valence-corrected chi connectivity index (χ1v) is 14.3. The van der Waals surface area contributed by atoms with Gasteiger partial charge in [0.2, 0.25) is 0 Å². The number of aromatic amines is 1. The highest BCUT2D eigenvalue weighted by Crippen LogP contribution is 2.43. The number of nitrogens with zero attached hydrogens (tertiary/aromatic N) is 1. The van der Waals surface area contributed by atoms with Crippen molar-refractivity contribution >= 4 is 84.1 Å². The topological polar surface area (TPSA) is 92.8 Å². The van der Waals surface area contributed by atoms with Crippen LogP contribution in [0.4, 0.5) is 0 Å². The van der Waals surface area contributed by atoms with Gasteiger partial charge in [-0.1, -0.05) is 73.3 Å². The van der Waals surface area contributed by atoms with Crippen molar-refractivity contribution in [1.82, 2.24) is 10.4 Å². The van der Waals surface area contributed by atoms with E-state index in [4.69, 9.17) is 32.7 Å². The first-order chi connectivity index (χ1) is 19.8. The van der Waals surface area contributed by atoms with Gasteiger partial charge in [-0.3, -0.25) is 4.79 Å². The summed E-state index contributed by atoms with van der Waals surface area (Å²) in [6.45, 7) is 0. The van der Waals surface area contributed by atoms with Crippen LogP contribution in [0.15, 0.2) is 92.9 Å². The number of aromatic nitrogens is 1. The fraction of sp³-hybridized carbons (Fsp3) is 0.0333. The summed E-state index contributed by atoms with van der Waals surface area (Å²) < 4.78 is 12.6. The summed E-state index contributed by atoms with van der Waals surface area (Å²) in [5.74, 6) is -0.275. The van der Waals surface area contributed by atoms with Gasteiger partial charge in [-0.05, 0) is 60.7 Å². The van der Waals surface area contributed by atoms with Crippen molar-refractivity contribution in [3.8, 4) is 22.6 Å². The molecule has 0 aliphatic heterocycles. The number of carbonyl (C=O) groups excluding carboxylic acids is 2. The van der Waals surface area contributed by atoms with E-state index in [1.807, 2.05) is 24.3 Å². The Morgan fingerprint density at radius 2 is 1.68 bits per heavy atom. The van der Waals surface area contributed by atoms with E-state index >= 15 is 0 Å². The second-order valence-electron chi connectivity index (χ2n) is 8.63. The number of rotatable bonds is 7. The van der Waals surface area contributed by atoms with Crippen LogP contribution in [0.2, 0.25) is 10.0 Å². The Bertz CT molecular complexity index is 1820. The third-order valence-corrected chi connectivity index (χ3v) is 7.82. The number of H-pyrrole nitrogens is 1. The zero-order valence-corrected chi connectivity index (χ0v) is 25.9. The molecule has 41 heavy (non-hydrogen) atoms. The molecule has 0 bridgehead atoms. The Balaban J connectivity index is 1.47. The number of esters is 1. The van der Waals surface area contributed by atoms with Gasteiger partial charge in [0.15, 0.2) is 0 Å². The molecule has 1 amide bonds. The van der Waals surface area contributed by atoms with E-state index in [0.29, 0.717) is 43.6 Å². The molecule has 4 aromatic carbocycles. The minimum atomic E-state index is -0.565.